The van der Waals surface area contributed by atoms with Crippen molar-refractivity contribution in [2.75, 3.05) is 10.6 Å². The van der Waals surface area contributed by atoms with Crippen molar-refractivity contribution in [3.8, 4) is 0 Å². The molecule has 3 amide bonds. The lowest BCUT2D eigenvalue weighted by atomic mass is 9.88. The second-order valence-corrected chi connectivity index (χ2v) is 7.74. The van der Waals surface area contributed by atoms with Gasteiger partial charge in [-0.1, -0.05) is 6.92 Å². The Bertz CT molecular complexity index is 871. The van der Waals surface area contributed by atoms with Crippen LogP contribution in [-0.4, -0.2) is 17.7 Å². The van der Waals surface area contributed by atoms with Crippen LogP contribution < -0.4 is 16.4 Å². The largest absolute Gasteiger partial charge is 0.365 e. The first-order chi connectivity index (χ1) is 12.3. The van der Waals surface area contributed by atoms with Crippen molar-refractivity contribution in [3.05, 3.63) is 45.8 Å². The molecule has 0 fully saturated rings. The summed E-state index contributed by atoms with van der Waals surface area (Å²) in [5.41, 5.74) is 8.06. The van der Waals surface area contributed by atoms with E-state index in [9.17, 15) is 14.4 Å². The van der Waals surface area contributed by atoms with Gasteiger partial charge in [0, 0.05) is 23.1 Å². The van der Waals surface area contributed by atoms with E-state index in [-0.39, 0.29) is 11.8 Å². The zero-order chi connectivity index (χ0) is 18.8. The van der Waals surface area contributed by atoms with Crippen molar-refractivity contribution in [1.29, 1.82) is 0 Å². The molecule has 2 aromatic rings. The quantitative estimate of drug-likeness (QED) is 0.769. The van der Waals surface area contributed by atoms with Gasteiger partial charge < -0.3 is 16.4 Å². The summed E-state index contributed by atoms with van der Waals surface area (Å²) >= 11 is 1.44. The highest BCUT2D eigenvalue weighted by atomic mass is 32.1. The maximum absolute atomic E-state index is 12.6. The first-order valence-corrected chi connectivity index (χ1v) is 9.30. The molecule has 1 aromatic carbocycles. The molecule has 6 nitrogen and oxygen atoms in total. The third-order valence-corrected chi connectivity index (χ3v) is 5.62. The Balaban J connectivity index is 1.83. The number of anilines is 2. The van der Waals surface area contributed by atoms with Gasteiger partial charge in [0.1, 0.15) is 5.00 Å². The van der Waals surface area contributed by atoms with Crippen LogP contribution >= 0.6 is 11.3 Å². The van der Waals surface area contributed by atoms with Crippen LogP contribution in [0.25, 0.3) is 0 Å². The molecule has 1 unspecified atom stereocenters. The van der Waals surface area contributed by atoms with E-state index < -0.39 is 5.91 Å². The van der Waals surface area contributed by atoms with Crippen molar-refractivity contribution in [2.45, 2.75) is 33.1 Å². The van der Waals surface area contributed by atoms with Crippen molar-refractivity contribution < 1.29 is 14.4 Å². The van der Waals surface area contributed by atoms with Crippen LogP contribution in [-0.2, 0) is 17.6 Å². The molecular formula is C19H21N3O3S. The number of rotatable bonds is 4. The van der Waals surface area contributed by atoms with E-state index in [1.165, 1.54) is 18.3 Å². The highest BCUT2D eigenvalue weighted by Crippen LogP contribution is 2.39. The standard InChI is InChI=1S/C19H21N3O3S/c1-10-3-8-14-15(9-10)26-19(16(14)17(20)24)22-18(25)12-4-6-13(7-5-12)21-11(2)23/h4-7,10H,3,8-9H2,1-2H3,(H2,20,24)(H,21,23)(H,22,25). The van der Waals surface area contributed by atoms with Crippen LogP contribution in [0.1, 0.15) is 51.4 Å². The van der Waals surface area contributed by atoms with Gasteiger partial charge in [-0.25, -0.2) is 0 Å². The van der Waals surface area contributed by atoms with Gasteiger partial charge in [-0.2, -0.15) is 0 Å². The van der Waals surface area contributed by atoms with Crippen LogP contribution in [0, 0.1) is 5.92 Å². The van der Waals surface area contributed by atoms with Crippen molar-refractivity contribution >= 4 is 39.7 Å². The van der Waals surface area contributed by atoms with Gasteiger partial charge in [-0.05, 0) is 55.0 Å². The third kappa shape index (κ3) is 3.77. The van der Waals surface area contributed by atoms with Crippen LogP contribution in [0.15, 0.2) is 24.3 Å². The molecular weight excluding hydrogens is 350 g/mol. The van der Waals surface area contributed by atoms with Gasteiger partial charge in [0.15, 0.2) is 0 Å². The molecule has 1 aromatic heterocycles. The van der Waals surface area contributed by atoms with E-state index in [2.05, 4.69) is 17.6 Å². The number of nitrogens with one attached hydrogen (secondary N) is 2. The fraction of sp³-hybridized carbons (Fsp3) is 0.316. The number of hydrogen-bond donors (Lipinski definition) is 3. The number of nitrogens with two attached hydrogens (primary N) is 1. The summed E-state index contributed by atoms with van der Waals surface area (Å²) in [6.07, 6.45) is 2.73. The Labute approximate surface area is 155 Å². The minimum Gasteiger partial charge on any atom is -0.365 e. The number of amides is 3. The zero-order valence-electron chi connectivity index (χ0n) is 14.7. The summed E-state index contributed by atoms with van der Waals surface area (Å²) in [6, 6.07) is 6.57. The van der Waals surface area contributed by atoms with Crippen LogP contribution in [0.2, 0.25) is 0 Å². The predicted octanol–water partition coefficient (Wildman–Crippen LogP) is 3.18. The van der Waals surface area contributed by atoms with Crippen molar-refractivity contribution in [1.82, 2.24) is 0 Å². The summed E-state index contributed by atoms with van der Waals surface area (Å²) in [6.45, 7) is 3.60. The lowest BCUT2D eigenvalue weighted by molar-refractivity contribution is -0.114. The molecule has 1 atom stereocenters. The third-order valence-electron chi connectivity index (χ3n) is 4.45. The lowest BCUT2D eigenvalue weighted by Gasteiger charge is -2.18. The molecule has 0 spiro atoms. The second kappa shape index (κ2) is 7.29. The van der Waals surface area contributed by atoms with E-state index in [0.717, 1.165) is 29.7 Å². The molecule has 26 heavy (non-hydrogen) atoms. The smallest absolute Gasteiger partial charge is 0.256 e. The Kier molecular flexibility index (Phi) is 5.08. The van der Waals surface area contributed by atoms with E-state index >= 15 is 0 Å². The average molecular weight is 371 g/mol. The SMILES string of the molecule is CC(=O)Nc1ccc(C(=O)Nc2sc3c(c2C(N)=O)CCC(C)C3)cc1. The summed E-state index contributed by atoms with van der Waals surface area (Å²) < 4.78 is 0. The molecule has 1 aliphatic carbocycles. The number of carbonyl (C=O) groups excluding carboxylic acids is 3. The number of hydrogen-bond acceptors (Lipinski definition) is 4. The molecule has 136 valence electrons. The average Bonchev–Trinajstić information content (AvgIpc) is 2.91. The highest BCUT2D eigenvalue weighted by Gasteiger charge is 2.27. The fourth-order valence-corrected chi connectivity index (χ4v) is 4.59. The topological polar surface area (TPSA) is 101 Å². The van der Waals surface area contributed by atoms with Crippen LogP contribution in [0.5, 0.6) is 0 Å². The molecule has 4 N–H and O–H groups in total. The minimum absolute atomic E-state index is 0.174. The number of carbonyl (C=O) groups is 3. The van der Waals surface area contributed by atoms with Gasteiger partial charge in [-0.3, -0.25) is 14.4 Å². The minimum atomic E-state index is -0.506. The number of primary amides is 1. The Morgan fingerprint density at radius 2 is 1.85 bits per heavy atom. The highest BCUT2D eigenvalue weighted by molar-refractivity contribution is 7.17. The first kappa shape index (κ1) is 18.1. The Morgan fingerprint density at radius 3 is 2.46 bits per heavy atom. The first-order valence-electron chi connectivity index (χ1n) is 8.48. The van der Waals surface area contributed by atoms with Gasteiger partial charge in [-0.15, -0.1) is 11.3 Å². The molecule has 0 saturated carbocycles. The Hall–Kier alpha value is -2.67. The van der Waals surface area contributed by atoms with E-state index in [4.69, 9.17) is 5.73 Å². The molecule has 0 aliphatic heterocycles. The van der Waals surface area contributed by atoms with Crippen molar-refractivity contribution in [2.24, 2.45) is 11.7 Å². The van der Waals surface area contributed by atoms with Crippen LogP contribution in [0.4, 0.5) is 10.7 Å². The molecule has 0 radical (unpaired) electrons. The Morgan fingerprint density at radius 1 is 1.15 bits per heavy atom. The molecule has 7 heteroatoms. The molecule has 0 bridgehead atoms. The van der Waals surface area contributed by atoms with E-state index in [1.54, 1.807) is 24.3 Å². The van der Waals surface area contributed by atoms with Crippen LogP contribution in [0.3, 0.4) is 0 Å². The number of benzene rings is 1. The number of thiophene rings is 1. The molecule has 0 saturated heterocycles. The van der Waals surface area contributed by atoms with Gasteiger partial charge >= 0.3 is 0 Å². The fourth-order valence-electron chi connectivity index (χ4n) is 3.18. The summed E-state index contributed by atoms with van der Waals surface area (Å²) in [4.78, 5) is 36.7. The normalized spacial score (nSPS) is 15.8. The van der Waals surface area contributed by atoms with Gasteiger partial charge in [0.05, 0.1) is 5.56 Å². The maximum Gasteiger partial charge on any atom is 0.256 e. The zero-order valence-corrected chi connectivity index (χ0v) is 15.5. The molecule has 1 heterocycles. The summed E-state index contributed by atoms with van der Waals surface area (Å²) in [7, 11) is 0. The second-order valence-electron chi connectivity index (χ2n) is 6.63. The monoisotopic (exact) mass is 371 g/mol. The maximum atomic E-state index is 12.6. The van der Waals surface area contributed by atoms with Gasteiger partial charge in [0.25, 0.3) is 11.8 Å². The molecule has 1 aliphatic rings. The summed E-state index contributed by atoms with van der Waals surface area (Å²) in [5.74, 6) is -0.430. The van der Waals surface area contributed by atoms with E-state index in [0.29, 0.717) is 27.7 Å². The molecule has 3 rings (SSSR count). The number of fused-ring (bicyclic) bond motifs is 1. The summed E-state index contributed by atoms with van der Waals surface area (Å²) in [5, 5.41) is 6.00. The lowest BCUT2D eigenvalue weighted by Crippen LogP contribution is -2.19. The predicted molar refractivity (Wildman–Crippen MR) is 103 cm³/mol. The van der Waals surface area contributed by atoms with E-state index in [1.807, 2.05) is 0 Å². The van der Waals surface area contributed by atoms with Crippen molar-refractivity contribution in [3.63, 3.8) is 0 Å². The van der Waals surface area contributed by atoms with Gasteiger partial charge in [0.2, 0.25) is 5.91 Å².